The molecule has 0 aliphatic heterocycles. The number of H-pyrrole nitrogens is 1. The quantitative estimate of drug-likeness (QED) is 0.658. The molecule has 3 aromatic rings. The fraction of sp³-hybridized carbons (Fsp3) is 0.214. The summed E-state index contributed by atoms with van der Waals surface area (Å²) in [6.07, 6.45) is 0.978. The van der Waals surface area contributed by atoms with Crippen LogP contribution in [-0.4, -0.2) is 9.55 Å². The summed E-state index contributed by atoms with van der Waals surface area (Å²) in [5.74, 6) is 0. The highest BCUT2D eigenvalue weighted by molar-refractivity contribution is 7.71. The van der Waals surface area contributed by atoms with E-state index in [4.69, 9.17) is 23.8 Å². The Morgan fingerprint density at radius 1 is 1.42 bits per heavy atom. The van der Waals surface area contributed by atoms with Crippen molar-refractivity contribution in [3.8, 4) is 0 Å². The Balaban J connectivity index is 2.06. The third kappa shape index (κ3) is 2.48. The summed E-state index contributed by atoms with van der Waals surface area (Å²) >= 11 is 13.3. The maximum absolute atomic E-state index is 6.09. The fourth-order valence-electron chi connectivity index (χ4n) is 2.34. The van der Waals surface area contributed by atoms with Gasteiger partial charge in [0.05, 0.1) is 11.0 Å². The van der Waals surface area contributed by atoms with Crippen LogP contribution in [-0.2, 0) is 6.42 Å². The summed E-state index contributed by atoms with van der Waals surface area (Å²) in [5.41, 5.74) is 2.11. The topological polar surface area (TPSA) is 20.7 Å². The van der Waals surface area contributed by atoms with Gasteiger partial charge in [-0.2, -0.15) is 0 Å². The minimum absolute atomic E-state index is 0.304. The van der Waals surface area contributed by atoms with Crippen LogP contribution in [0.1, 0.15) is 17.8 Å². The van der Waals surface area contributed by atoms with Gasteiger partial charge in [0.2, 0.25) is 0 Å². The lowest BCUT2D eigenvalue weighted by Gasteiger charge is -2.13. The van der Waals surface area contributed by atoms with Crippen molar-refractivity contribution in [1.29, 1.82) is 0 Å². The molecule has 2 heterocycles. The van der Waals surface area contributed by atoms with Crippen LogP contribution in [0.25, 0.3) is 11.0 Å². The van der Waals surface area contributed by atoms with E-state index in [1.54, 1.807) is 11.3 Å². The summed E-state index contributed by atoms with van der Waals surface area (Å²) in [6.45, 7) is 2.18. The van der Waals surface area contributed by atoms with Gasteiger partial charge >= 0.3 is 0 Å². The molecule has 2 nitrogen and oxygen atoms in total. The number of aromatic nitrogens is 2. The minimum atomic E-state index is 0.304. The predicted molar refractivity (Wildman–Crippen MR) is 84.9 cm³/mol. The first-order chi connectivity index (χ1) is 9.15. The number of fused-ring (bicyclic) bond motifs is 1. The number of halogens is 1. The molecule has 1 aromatic carbocycles. The summed E-state index contributed by atoms with van der Waals surface area (Å²) in [5, 5.41) is 2.84. The molecule has 1 unspecified atom stereocenters. The first-order valence-corrected chi connectivity index (χ1v) is 7.74. The summed E-state index contributed by atoms with van der Waals surface area (Å²) < 4.78 is 2.90. The Kier molecular flexibility index (Phi) is 3.48. The molecule has 0 amide bonds. The maximum atomic E-state index is 6.09. The van der Waals surface area contributed by atoms with Gasteiger partial charge in [-0.25, -0.2) is 0 Å². The highest BCUT2D eigenvalue weighted by Gasteiger charge is 2.12. The smallest absolute Gasteiger partial charge is 0.178 e. The van der Waals surface area contributed by atoms with E-state index in [9.17, 15) is 0 Å². The lowest BCUT2D eigenvalue weighted by atomic mass is 10.2. The van der Waals surface area contributed by atoms with Gasteiger partial charge in [-0.3, -0.25) is 0 Å². The Morgan fingerprint density at radius 3 is 3.00 bits per heavy atom. The van der Waals surface area contributed by atoms with Crippen LogP contribution >= 0.6 is 35.2 Å². The third-order valence-electron chi connectivity index (χ3n) is 3.20. The van der Waals surface area contributed by atoms with Crippen LogP contribution in [0.5, 0.6) is 0 Å². The van der Waals surface area contributed by atoms with Crippen LogP contribution in [0.2, 0.25) is 5.02 Å². The van der Waals surface area contributed by atoms with E-state index in [0.29, 0.717) is 6.04 Å². The van der Waals surface area contributed by atoms with Gasteiger partial charge in [0, 0.05) is 22.4 Å². The van der Waals surface area contributed by atoms with Crippen molar-refractivity contribution in [1.82, 2.24) is 9.55 Å². The van der Waals surface area contributed by atoms with Crippen LogP contribution in [0.15, 0.2) is 35.7 Å². The molecular formula is C14H13ClN2S2. The Labute approximate surface area is 125 Å². The third-order valence-corrected chi connectivity index (χ3v) is 4.63. The molecule has 3 rings (SSSR count). The SMILES string of the molecule is CC(Cc1cccs1)n1c(=S)[nH]c2ccc(Cl)cc21. The van der Waals surface area contributed by atoms with Crippen molar-refractivity contribution >= 4 is 46.2 Å². The number of nitrogens with one attached hydrogen (secondary N) is 1. The molecule has 19 heavy (non-hydrogen) atoms. The molecule has 5 heteroatoms. The predicted octanol–water partition coefficient (Wildman–Crippen LogP) is 5.22. The second kappa shape index (κ2) is 5.12. The van der Waals surface area contributed by atoms with E-state index in [-0.39, 0.29) is 0 Å². The standard InChI is InChI=1S/C14H13ClN2S2/c1-9(7-11-3-2-6-19-11)17-13-8-10(15)4-5-12(13)16-14(17)18/h2-6,8-9H,7H2,1H3,(H,16,18). The highest BCUT2D eigenvalue weighted by Crippen LogP contribution is 2.25. The maximum Gasteiger partial charge on any atom is 0.178 e. The van der Waals surface area contributed by atoms with Crippen LogP contribution in [0.4, 0.5) is 0 Å². The van der Waals surface area contributed by atoms with Crippen molar-refractivity contribution in [3.05, 3.63) is 50.4 Å². The Hall–Kier alpha value is -1.10. The minimum Gasteiger partial charge on any atom is -0.331 e. The lowest BCUT2D eigenvalue weighted by molar-refractivity contribution is 0.557. The molecule has 0 radical (unpaired) electrons. The number of nitrogens with zero attached hydrogens (tertiary/aromatic N) is 1. The second-order valence-electron chi connectivity index (χ2n) is 4.59. The highest BCUT2D eigenvalue weighted by atomic mass is 35.5. The molecule has 1 atom stereocenters. The largest absolute Gasteiger partial charge is 0.331 e. The van der Waals surface area contributed by atoms with Crippen molar-refractivity contribution in [3.63, 3.8) is 0 Å². The number of hydrogen-bond donors (Lipinski definition) is 1. The molecule has 0 spiro atoms. The van der Waals surface area contributed by atoms with Gasteiger partial charge in [-0.15, -0.1) is 11.3 Å². The van der Waals surface area contributed by atoms with Gasteiger partial charge in [0.15, 0.2) is 4.77 Å². The fourth-order valence-corrected chi connectivity index (χ4v) is 3.72. The van der Waals surface area contributed by atoms with Crippen LogP contribution in [0.3, 0.4) is 0 Å². The summed E-state index contributed by atoms with van der Waals surface area (Å²) in [7, 11) is 0. The molecule has 1 N–H and O–H groups in total. The molecule has 0 fully saturated rings. The first kappa shape index (κ1) is 12.9. The van der Waals surface area contributed by atoms with Crippen molar-refractivity contribution < 1.29 is 0 Å². The number of rotatable bonds is 3. The number of benzene rings is 1. The zero-order chi connectivity index (χ0) is 13.4. The van der Waals surface area contributed by atoms with E-state index < -0.39 is 0 Å². The number of aromatic amines is 1. The monoisotopic (exact) mass is 308 g/mol. The molecule has 0 saturated carbocycles. The van der Waals surface area contributed by atoms with Gasteiger partial charge in [0.25, 0.3) is 0 Å². The molecule has 0 aliphatic rings. The number of imidazole rings is 1. The van der Waals surface area contributed by atoms with Crippen LogP contribution in [0, 0.1) is 4.77 Å². The second-order valence-corrected chi connectivity index (χ2v) is 6.45. The number of hydrogen-bond acceptors (Lipinski definition) is 2. The molecule has 98 valence electrons. The van der Waals surface area contributed by atoms with E-state index in [0.717, 1.165) is 27.2 Å². The zero-order valence-electron chi connectivity index (χ0n) is 10.4. The van der Waals surface area contributed by atoms with Crippen molar-refractivity contribution in [2.45, 2.75) is 19.4 Å². The van der Waals surface area contributed by atoms with Gasteiger partial charge < -0.3 is 9.55 Å². The number of thiophene rings is 1. The van der Waals surface area contributed by atoms with Crippen molar-refractivity contribution in [2.75, 3.05) is 0 Å². The average molecular weight is 309 g/mol. The zero-order valence-corrected chi connectivity index (χ0v) is 12.8. The molecule has 0 bridgehead atoms. The van der Waals surface area contributed by atoms with E-state index in [1.165, 1.54) is 4.88 Å². The first-order valence-electron chi connectivity index (χ1n) is 6.07. The average Bonchev–Trinajstić information content (AvgIpc) is 2.95. The van der Waals surface area contributed by atoms with Crippen LogP contribution < -0.4 is 0 Å². The van der Waals surface area contributed by atoms with E-state index in [2.05, 4.69) is 34.0 Å². The summed E-state index contributed by atoms with van der Waals surface area (Å²) in [6, 6.07) is 10.4. The molecule has 0 aliphatic carbocycles. The Bertz CT molecular complexity index is 755. The lowest BCUT2D eigenvalue weighted by Crippen LogP contribution is -2.07. The van der Waals surface area contributed by atoms with Gasteiger partial charge in [0.1, 0.15) is 0 Å². The molecule has 0 saturated heterocycles. The van der Waals surface area contributed by atoms with Gasteiger partial charge in [-0.05, 0) is 48.8 Å². The Morgan fingerprint density at radius 2 is 2.26 bits per heavy atom. The van der Waals surface area contributed by atoms with E-state index in [1.807, 2.05) is 18.2 Å². The van der Waals surface area contributed by atoms with Gasteiger partial charge in [-0.1, -0.05) is 17.7 Å². The molecular weight excluding hydrogens is 296 g/mol. The van der Waals surface area contributed by atoms with E-state index >= 15 is 0 Å². The molecule has 2 aromatic heterocycles. The normalized spacial score (nSPS) is 12.9. The van der Waals surface area contributed by atoms with Crippen molar-refractivity contribution in [2.24, 2.45) is 0 Å². The summed E-state index contributed by atoms with van der Waals surface area (Å²) in [4.78, 5) is 4.60.